The van der Waals surface area contributed by atoms with E-state index in [-0.39, 0.29) is 12.0 Å². The van der Waals surface area contributed by atoms with Crippen LogP contribution in [-0.2, 0) is 11.2 Å². The topological polar surface area (TPSA) is 63.7 Å². The van der Waals surface area contributed by atoms with Gasteiger partial charge in [0.2, 0.25) is 0 Å². The van der Waals surface area contributed by atoms with Crippen LogP contribution in [0.15, 0.2) is 42.6 Å². The highest BCUT2D eigenvalue weighted by Gasteiger charge is 2.20. The molecular formula is C22H29N3O3. The van der Waals surface area contributed by atoms with Crippen molar-refractivity contribution < 1.29 is 14.3 Å². The summed E-state index contributed by atoms with van der Waals surface area (Å²) in [6.07, 6.45) is 5.89. The lowest BCUT2D eigenvalue weighted by Crippen LogP contribution is -2.39. The molecule has 2 heterocycles. The minimum atomic E-state index is -0.0813. The molecule has 1 aliphatic heterocycles. The van der Waals surface area contributed by atoms with E-state index in [9.17, 15) is 4.79 Å². The number of nitrogens with zero attached hydrogens (tertiary/aromatic N) is 2. The lowest BCUT2D eigenvalue weighted by molar-refractivity contribution is 0.0891. The number of pyridine rings is 1. The van der Waals surface area contributed by atoms with Crippen molar-refractivity contribution in [3.05, 3.63) is 53.7 Å². The first-order chi connectivity index (χ1) is 13.7. The third kappa shape index (κ3) is 5.45. The molecule has 1 aliphatic rings. The van der Waals surface area contributed by atoms with Crippen LogP contribution in [0.2, 0.25) is 0 Å². The van der Waals surface area contributed by atoms with E-state index in [2.05, 4.69) is 27.3 Å². The van der Waals surface area contributed by atoms with Crippen LogP contribution in [-0.4, -0.2) is 50.8 Å². The van der Waals surface area contributed by atoms with E-state index in [1.165, 1.54) is 5.56 Å². The summed E-state index contributed by atoms with van der Waals surface area (Å²) in [5.41, 5.74) is 1.82. The van der Waals surface area contributed by atoms with Crippen molar-refractivity contribution in [2.45, 2.75) is 31.8 Å². The summed E-state index contributed by atoms with van der Waals surface area (Å²) in [5.74, 6) is 1.68. The number of piperidine rings is 1. The van der Waals surface area contributed by atoms with E-state index in [1.54, 1.807) is 20.4 Å². The molecule has 0 bridgehead atoms. The van der Waals surface area contributed by atoms with Crippen LogP contribution in [0.5, 0.6) is 5.75 Å². The maximum Gasteiger partial charge on any atom is 0.252 e. The minimum absolute atomic E-state index is 0.0813. The number of carbonyl (C=O) groups excluding carboxylic acids is 1. The molecule has 150 valence electrons. The Labute approximate surface area is 166 Å². The van der Waals surface area contributed by atoms with Crippen LogP contribution in [0.1, 0.15) is 35.2 Å². The molecule has 1 saturated heterocycles. The molecule has 1 aromatic carbocycles. The molecule has 1 atom stereocenters. The summed E-state index contributed by atoms with van der Waals surface area (Å²) in [6.45, 7) is 2.46. The van der Waals surface area contributed by atoms with Crippen molar-refractivity contribution in [1.82, 2.24) is 10.3 Å². The third-order valence-electron chi connectivity index (χ3n) is 5.13. The van der Waals surface area contributed by atoms with Crippen molar-refractivity contribution in [2.75, 3.05) is 38.8 Å². The number of amides is 1. The average molecular weight is 383 g/mol. The molecule has 6 heteroatoms. The molecule has 6 nitrogen and oxygen atoms in total. The zero-order valence-electron chi connectivity index (χ0n) is 16.7. The molecule has 0 radical (unpaired) electrons. The number of nitrogens with one attached hydrogen (secondary N) is 1. The van der Waals surface area contributed by atoms with Crippen LogP contribution in [0, 0.1) is 0 Å². The van der Waals surface area contributed by atoms with Gasteiger partial charge in [-0.15, -0.1) is 0 Å². The number of carbonyl (C=O) groups is 1. The number of rotatable bonds is 8. The fourth-order valence-corrected chi connectivity index (χ4v) is 3.43. The number of methoxy groups -OCH3 is 2. The normalized spacial score (nSPS) is 16.6. The summed E-state index contributed by atoms with van der Waals surface area (Å²) in [4.78, 5) is 19.0. The molecule has 1 fully saturated rings. The molecule has 0 spiro atoms. The SMILES string of the molecule is COc1ccc(CCCNC(=O)c2ccc(N3CCC[C@@H](OC)C3)nc2)cc1. The van der Waals surface area contributed by atoms with Gasteiger partial charge in [-0.25, -0.2) is 4.98 Å². The summed E-state index contributed by atoms with van der Waals surface area (Å²) in [6, 6.07) is 11.8. The second-order valence-corrected chi connectivity index (χ2v) is 7.06. The average Bonchev–Trinajstić information content (AvgIpc) is 2.77. The van der Waals surface area contributed by atoms with E-state index in [0.717, 1.165) is 50.3 Å². The zero-order chi connectivity index (χ0) is 19.8. The molecule has 1 amide bonds. The fourth-order valence-electron chi connectivity index (χ4n) is 3.43. The van der Waals surface area contributed by atoms with Crippen molar-refractivity contribution in [1.29, 1.82) is 0 Å². The molecular weight excluding hydrogens is 354 g/mol. The Balaban J connectivity index is 1.44. The lowest BCUT2D eigenvalue weighted by atomic mass is 10.1. The van der Waals surface area contributed by atoms with E-state index in [4.69, 9.17) is 9.47 Å². The molecule has 0 saturated carbocycles. The van der Waals surface area contributed by atoms with Gasteiger partial charge in [-0.3, -0.25) is 4.79 Å². The second kappa shape index (κ2) is 10.1. The maximum absolute atomic E-state index is 12.3. The van der Waals surface area contributed by atoms with E-state index < -0.39 is 0 Å². The molecule has 1 aromatic heterocycles. The van der Waals surface area contributed by atoms with Gasteiger partial charge in [0.15, 0.2) is 0 Å². The molecule has 0 unspecified atom stereocenters. The van der Waals surface area contributed by atoms with Crippen LogP contribution in [0.4, 0.5) is 5.82 Å². The van der Waals surface area contributed by atoms with Crippen molar-refractivity contribution in [2.24, 2.45) is 0 Å². The predicted molar refractivity (Wildman–Crippen MR) is 110 cm³/mol. The molecule has 2 aromatic rings. The van der Waals surface area contributed by atoms with E-state index >= 15 is 0 Å². The summed E-state index contributed by atoms with van der Waals surface area (Å²) >= 11 is 0. The Kier molecular flexibility index (Phi) is 7.25. The fraction of sp³-hybridized carbons (Fsp3) is 0.455. The highest BCUT2D eigenvalue weighted by atomic mass is 16.5. The van der Waals surface area contributed by atoms with Gasteiger partial charge in [0, 0.05) is 32.9 Å². The van der Waals surface area contributed by atoms with Gasteiger partial charge in [-0.2, -0.15) is 0 Å². The number of benzene rings is 1. The van der Waals surface area contributed by atoms with Crippen molar-refractivity contribution in [3.8, 4) is 5.75 Å². The van der Waals surface area contributed by atoms with Gasteiger partial charge < -0.3 is 19.7 Å². The number of anilines is 1. The highest BCUT2D eigenvalue weighted by Crippen LogP contribution is 2.19. The number of ether oxygens (including phenoxy) is 2. The third-order valence-corrected chi connectivity index (χ3v) is 5.13. The standard InChI is InChI=1S/C22H29N3O3/c1-27-19-10-7-17(8-11-19)5-3-13-23-22(26)18-9-12-21(24-15-18)25-14-4-6-20(16-25)28-2/h7-12,15,20H,3-6,13-14,16H2,1-2H3,(H,23,26)/t20-/m1/s1. The van der Waals surface area contributed by atoms with Gasteiger partial charge >= 0.3 is 0 Å². The van der Waals surface area contributed by atoms with Gasteiger partial charge in [-0.05, 0) is 55.5 Å². The monoisotopic (exact) mass is 383 g/mol. The Morgan fingerprint density at radius 2 is 2.04 bits per heavy atom. The Bertz CT molecular complexity index is 747. The first kappa shape index (κ1) is 20.1. The summed E-state index contributed by atoms with van der Waals surface area (Å²) in [7, 11) is 3.42. The van der Waals surface area contributed by atoms with E-state index in [0.29, 0.717) is 12.1 Å². The smallest absolute Gasteiger partial charge is 0.252 e. The first-order valence-electron chi connectivity index (χ1n) is 9.84. The van der Waals surface area contributed by atoms with Crippen LogP contribution >= 0.6 is 0 Å². The summed E-state index contributed by atoms with van der Waals surface area (Å²) in [5, 5.41) is 2.97. The Morgan fingerprint density at radius 1 is 1.21 bits per heavy atom. The van der Waals surface area contributed by atoms with Gasteiger partial charge in [-0.1, -0.05) is 12.1 Å². The largest absolute Gasteiger partial charge is 0.497 e. The Morgan fingerprint density at radius 3 is 2.71 bits per heavy atom. The van der Waals surface area contributed by atoms with Crippen molar-refractivity contribution in [3.63, 3.8) is 0 Å². The number of aromatic nitrogens is 1. The van der Waals surface area contributed by atoms with Crippen LogP contribution < -0.4 is 15.0 Å². The minimum Gasteiger partial charge on any atom is -0.497 e. The zero-order valence-corrected chi connectivity index (χ0v) is 16.7. The maximum atomic E-state index is 12.3. The summed E-state index contributed by atoms with van der Waals surface area (Å²) < 4.78 is 10.6. The molecule has 0 aliphatic carbocycles. The van der Waals surface area contributed by atoms with Gasteiger partial charge in [0.25, 0.3) is 5.91 Å². The van der Waals surface area contributed by atoms with Crippen LogP contribution in [0.25, 0.3) is 0 Å². The van der Waals surface area contributed by atoms with Gasteiger partial charge in [0.05, 0.1) is 18.8 Å². The second-order valence-electron chi connectivity index (χ2n) is 7.06. The highest BCUT2D eigenvalue weighted by molar-refractivity contribution is 5.94. The number of hydrogen-bond acceptors (Lipinski definition) is 5. The first-order valence-corrected chi connectivity index (χ1v) is 9.84. The molecule has 28 heavy (non-hydrogen) atoms. The van der Waals surface area contributed by atoms with Crippen molar-refractivity contribution >= 4 is 11.7 Å². The Hall–Kier alpha value is -2.60. The lowest BCUT2D eigenvalue weighted by Gasteiger charge is -2.32. The molecule has 3 rings (SSSR count). The number of hydrogen-bond donors (Lipinski definition) is 1. The number of aryl methyl sites for hydroxylation is 1. The van der Waals surface area contributed by atoms with Gasteiger partial charge in [0.1, 0.15) is 11.6 Å². The van der Waals surface area contributed by atoms with E-state index in [1.807, 2.05) is 24.3 Å². The predicted octanol–water partition coefficient (Wildman–Crippen LogP) is 3.07. The molecule has 1 N–H and O–H groups in total. The van der Waals surface area contributed by atoms with Crippen LogP contribution in [0.3, 0.4) is 0 Å². The quantitative estimate of drug-likeness (QED) is 0.710.